The summed E-state index contributed by atoms with van der Waals surface area (Å²) in [6, 6.07) is 3.19. The third-order valence-electron chi connectivity index (χ3n) is 3.04. The van der Waals surface area contributed by atoms with Gasteiger partial charge in [-0.15, -0.1) is 0 Å². The molecule has 0 saturated carbocycles. The van der Waals surface area contributed by atoms with Gasteiger partial charge in [-0.3, -0.25) is 10.1 Å². The van der Waals surface area contributed by atoms with Gasteiger partial charge in [-0.1, -0.05) is 6.42 Å². The van der Waals surface area contributed by atoms with Gasteiger partial charge in [0.05, 0.1) is 4.92 Å². The third-order valence-corrected chi connectivity index (χ3v) is 4.44. The number of pyridine rings is 1. The summed E-state index contributed by atoms with van der Waals surface area (Å²) in [6.07, 6.45) is 3.85. The summed E-state index contributed by atoms with van der Waals surface area (Å²) in [5.41, 5.74) is 0.536. The number of hydrogen-bond acceptors (Lipinski definition) is 5. The first-order valence-electron chi connectivity index (χ1n) is 6.14. The second kappa shape index (κ2) is 6.04. The SMILES string of the molecule is Cc1nc(NCC2CCCCS2)ccc1[N+](=O)[O-]. The van der Waals surface area contributed by atoms with Crippen LogP contribution in [0.25, 0.3) is 0 Å². The van der Waals surface area contributed by atoms with Gasteiger partial charge in [-0.2, -0.15) is 11.8 Å². The number of nitro groups is 1. The molecule has 98 valence electrons. The molecule has 5 nitrogen and oxygen atoms in total. The van der Waals surface area contributed by atoms with Gasteiger partial charge in [-0.05, 0) is 31.6 Å². The Morgan fingerprint density at radius 1 is 1.56 bits per heavy atom. The van der Waals surface area contributed by atoms with Crippen LogP contribution >= 0.6 is 11.8 Å². The molecule has 1 aromatic rings. The highest BCUT2D eigenvalue weighted by molar-refractivity contribution is 7.99. The van der Waals surface area contributed by atoms with Gasteiger partial charge in [0, 0.05) is 17.9 Å². The number of nitrogens with one attached hydrogen (secondary N) is 1. The normalized spacial score (nSPS) is 19.5. The maximum Gasteiger partial charge on any atom is 0.290 e. The first kappa shape index (κ1) is 13.1. The van der Waals surface area contributed by atoms with Crippen LogP contribution in [0.15, 0.2) is 12.1 Å². The van der Waals surface area contributed by atoms with E-state index < -0.39 is 4.92 Å². The van der Waals surface area contributed by atoms with Gasteiger partial charge < -0.3 is 5.32 Å². The minimum atomic E-state index is -0.400. The van der Waals surface area contributed by atoms with Crippen molar-refractivity contribution in [2.24, 2.45) is 0 Å². The predicted molar refractivity (Wildman–Crippen MR) is 74.2 cm³/mol. The molecule has 2 heterocycles. The molecule has 1 fully saturated rings. The summed E-state index contributed by atoms with van der Waals surface area (Å²) >= 11 is 2.00. The van der Waals surface area contributed by atoms with Crippen molar-refractivity contribution in [1.29, 1.82) is 0 Å². The van der Waals surface area contributed by atoms with E-state index in [9.17, 15) is 10.1 Å². The maximum absolute atomic E-state index is 10.7. The average molecular weight is 267 g/mol. The lowest BCUT2D eigenvalue weighted by atomic mass is 10.2. The second-order valence-corrected chi connectivity index (χ2v) is 5.84. The molecule has 1 saturated heterocycles. The minimum Gasteiger partial charge on any atom is -0.369 e. The molecule has 0 amide bonds. The molecular formula is C12H17N3O2S. The van der Waals surface area contributed by atoms with Crippen molar-refractivity contribution in [3.8, 4) is 0 Å². The molecule has 0 aliphatic carbocycles. The average Bonchev–Trinajstić information content (AvgIpc) is 2.37. The minimum absolute atomic E-state index is 0.0765. The highest BCUT2D eigenvalue weighted by atomic mass is 32.2. The second-order valence-electron chi connectivity index (χ2n) is 4.43. The molecule has 18 heavy (non-hydrogen) atoms. The Morgan fingerprint density at radius 3 is 3.00 bits per heavy atom. The van der Waals surface area contributed by atoms with Crippen LogP contribution in [0, 0.1) is 17.0 Å². The Bertz CT molecular complexity index is 433. The van der Waals surface area contributed by atoms with Crippen LogP contribution < -0.4 is 5.32 Å². The number of nitrogens with zero attached hydrogens (tertiary/aromatic N) is 2. The largest absolute Gasteiger partial charge is 0.369 e. The molecule has 6 heteroatoms. The van der Waals surface area contributed by atoms with E-state index in [0.29, 0.717) is 10.9 Å². The molecule has 0 spiro atoms. The zero-order valence-electron chi connectivity index (χ0n) is 10.4. The molecule has 1 aliphatic rings. The standard InChI is InChI=1S/C12H17N3O2S/c1-9-11(15(16)17)5-6-12(14-9)13-8-10-4-2-3-7-18-10/h5-6,10H,2-4,7-8H2,1H3,(H,13,14). The Kier molecular flexibility index (Phi) is 4.41. The highest BCUT2D eigenvalue weighted by Gasteiger charge is 2.15. The number of aryl methyl sites for hydroxylation is 1. The van der Waals surface area contributed by atoms with E-state index in [2.05, 4.69) is 10.3 Å². The molecule has 1 atom stereocenters. The zero-order valence-corrected chi connectivity index (χ0v) is 11.2. The van der Waals surface area contributed by atoms with Crippen LogP contribution in [-0.4, -0.2) is 27.5 Å². The number of thioether (sulfide) groups is 1. The number of rotatable bonds is 4. The number of anilines is 1. The van der Waals surface area contributed by atoms with E-state index in [4.69, 9.17) is 0 Å². The molecule has 0 bridgehead atoms. The van der Waals surface area contributed by atoms with Crippen molar-refractivity contribution in [2.45, 2.75) is 31.4 Å². The van der Waals surface area contributed by atoms with Crippen molar-refractivity contribution >= 4 is 23.3 Å². The monoisotopic (exact) mass is 267 g/mol. The van der Waals surface area contributed by atoms with Gasteiger partial charge in [-0.25, -0.2) is 4.98 Å². The highest BCUT2D eigenvalue weighted by Crippen LogP contribution is 2.25. The maximum atomic E-state index is 10.7. The fourth-order valence-corrected chi connectivity index (χ4v) is 3.27. The van der Waals surface area contributed by atoms with Gasteiger partial charge in [0.25, 0.3) is 5.69 Å². The molecule has 1 aromatic heterocycles. The van der Waals surface area contributed by atoms with Gasteiger partial charge in [0.1, 0.15) is 11.5 Å². The van der Waals surface area contributed by atoms with Crippen molar-refractivity contribution < 1.29 is 4.92 Å². The first-order valence-corrected chi connectivity index (χ1v) is 7.19. The van der Waals surface area contributed by atoms with E-state index in [0.717, 1.165) is 12.4 Å². The number of hydrogen-bond donors (Lipinski definition) is 1. The van der Waals surface area contributed by atoms with Crippen LogP contribution in [0.1, 0.15) is 25.0 Å². The van der Waals surface area contributed by atoms with Crippen LogP contribution in [0.2, 0.25) is 0 Å². The van der Waals surface area contributed by atoms with Crippen LogP contribution in [0.5, 0.6) is 0 Å². The molecule has 0 aromatic carbocycles. The fourth-order valence-electron chi connectivity index (χ4n) is 2.03. The van der Waals surface area contributed by atoms with Crippen molar-refractivity contribution in [3.05, 3.63) is 27.9 Å². The van der Waals surface area contributed by atoms with E-state index in [-0.39, 0.29) is 5.69 Å². The lowest BCUT2D eigenvalue weighted by Crippen LogP contribution is -2.20. The topological polar surface area (TPSA) is 68.1 Å². The Balaban J connectivity index is 1.93. The molecule has 2 rings (SSSR count). The molecule has 1 unspecified atom stereocenters. The number of aromatic nitrogens is 1. The lowest BCUT2D eigenvalue weighted by Gasteiger charge is -2.21. The van der Waals surface area contributed by atoms with Gasteiger partial charge in [0.15, 0.2) is 0 Å². The van der Waals surface area contributed by atoms with Crippen LogP contribution in [0.4, 0.5) is 11.5 Å². The van der Waals surface area contributed by atoms with Crippen molar-refractivity contribution in [1.82, 2.24) is 4.98 Å². The lowest BCUT2D eigenvalue weighted by molar-refractivity contribution is -0.385. The summed E-state index contributed by atoms with van der Waals surface area (Å²) in [5.74, 6) is 1.96. The van der Waals surface area contributed by atoms with Crippen molar-refractivity contribution in [2.75, 3.05) is 17.6 Å². The third kappa shape index (κ3) is 3.35. The van der Waals surface area contributed by atoms with E-state index >= 15 is 0 Å². The zero-order chi connectivity index (χ0) is 13.0. The summed E-state index contributed by atoms with van der Waals surface area (Å²) in [7, 11) is 0. The van der Waals surface area contributed by atoms with Crippen molar-refractivity contribution in [3.63, 3.8) is 0 Å². The Labute approximate surface area is 111 Å². The summed E-state index contributed by atoms with van der Waals surface area (Å²) in [5, 5.41) is 14.6. The smallest absolute Gasteiger partial charge is 0.290 e. The molecule has 1 N–H and O–H groups in total. The van der Waals surface area contributed by atoms with Gasteiger partial charge in [0.2, 0.25) is 0 Å². The molecule has 0 radical (unpaired) electrons. The van der Waals surface area contributed by atoms with E-state index in [1.54, 1.807) is 13.0 Å². The fraction of sp³-hybridized carbons (Fsp3) is 0.583. The summed E-state index contributed by atoms with van der Waals surface area (Å²) < 4.78 is 0. The quantitative estimate of drug-likeness (QED) is 0.671. The molecular weight excluding hydrogens is 250 g/mol. The Hall–Kier alpha value is -1.30. The molecule has 1 aliphatic heterocycles. The van der Waals surface area contributed by atoms with Crippen LogP contribution in [0.3, 0.4) is 0 Å². The predicted octanol–water partition coefficient (Wildman–Crippen LogP) is 3.00. The Morgan fingerprint density at radius 2 is 2.39 bits per heavy atom. The van der Waals surface area contributed by atoms with E-state index in [1.165, 1.54) is 31.1 Å². The summed E-state index contributed by atoms with van der Waals surface area (Å²) in [4.78, 5) is 14.5. The van der Waals surface area contributed by atoms with Gasteiger partial charge >= 0.3 is 0 Å². The van der Waals surface area contributed by atoms with Crippen LogP contribution in [-0.2, 0) is 0 Å². The summed E-state index contributed by atoms with van der Waals surface area (Å²) in [6.45, 7) is 2.55. The van der Waals surface area contributed by atoms with E-state index in [1.807, 2.05) is 11.8 Å². The first-order chi connectivity index (χ1) is 8.66.